The van der Waals surface area contributed by atoms with Crippen LogP contribution in [0.25, 0.3) is 0 Å². The summed E-state index contributed by atoms with van der Waals surface area (Å²) < 4.78 is 11.1. The Balaban J connectivity index is 1.42. The number of aromatic nitrogens is 3. The maximum atomic E-state index is 5.75. The second-order valence-corrected chi connectivity index (χ2v) is 9.50. The molecule has 1 aromatic carbocycles. The number of nitrogens with one attached hydrogen (secondary N) is 1. The largest absolute Gasteiger partial charge is 0.497 e. The van der Waals surface area contributed by atoms with E-state index in [0.717, 1.165) is 82.5 Å². The predicted molar refractivity (Wildman–Crippen MR) is 138 cm³/mol. The summed E-state index contributed by atoms with van der Waals surface area (Å²) in [5, 5.41) is 3.79. The van der Waals surface area contributed by atoms with Gasteiger partial charge in [-0.2, -0.15) is 4.98 Å². The molecular formula is C28H35N5O2. The zero-order valence-corrected chi connectivity index (χ0v) is 20.8. The molecule has 3 heterocycles. The van der Waals surface area contributed by atoms with Crippen molar-refractivity contribution in [2.45, 2.75) is 51.0 Å². The van der Waals surface area contributed by atoms with Crippen molar-refractivity contribution >= 4 is 11.8 Å². The normalized spacial score (nSPS) is 16.5. The van der Waals surface area contributed by atoms with Crippen molar-refractivity contribution < 1.29 is 9.47 Å². The van der Waals surface area contributed by atoms with Crippen LogP contribution in [0.4, 0.5) is 11.8 Å². The fourth-order valence-electron chi connectivity index (χ4n) is 5.27. The summed E-state index contributed by atoms with van der Waals surface area (Å²) in [6.07, 6.45) is 8.83. The first kappa shape index (κ1) is 23.5. The number of fused-ring (bicyclic) bond motifs is 1. The van der Waals surface area contributed by atoms with Crippen molar-refractivity contribution in [3.63, 3.8) is 0 Å². The second-order valence-electron chi connectivity index (χ2n) is 9.50. The first-order valence-corrected chi connectivity index (χ1v) is 12.7. The molecule has 0 spiro atoms. The number of anilines is 2. The van der Waals surface area contributed by atoms with Crippen LogP contribution in [0.1, 0.15) is 48.6 Å². The molecule has 7 nitrogen and oxygen atoms in total. The van der Waals surface area contributed by atoms with Crippen LogP contribution in [0.3, 0.4) is 0 Å². The topological polar surface area (TPSA) is 72.4 Å². The third-order valence-electron chi connectivity index (χ3n) is 7.46. The van der Waals surface area contributed by atoms with Gasteiger partial charge in [0.2, 0.25) is 5.95 Å². The molecular weight excluding hydrogens is 438 g/mol. The molecule has 5 rings (SSSR count). The van der Waals surface area contributed by atoms with Crippen molar-refractivity contribution in [1.29, 1.82) is 0 Å². The van der Waals surface area contributed by atoms with Crippen LogP contribution >= 0.6 is 0 Å². The molecule has 0 radical (unpaired) electrons. The Hall–Kier alpha value is -3.19. The van der Waals surface area contributed by atoms with Gasteiger partial charge in [-0.1, -0.05) is 12.1 Å². The molecule has 0 bridgehead atoms. The quantitative estimate of drug-likeness (QED) is 0.489. The number of rotatable bonds is 9. The van der Waals surface area contributed by atoms with Crippen LogP contribution in [-0.2, 0) is 29.5 Å². The molecule has 1 aliphatic carbocycles. The minimum atomic E-state index is 0.00258. The molecule has 0 unspecified atom stereocenters. The van der Waals surface area contributed by atoms with E-state index < -0.39 is 0 Å². The van der Waals surface area contributed by atoms with Gasteiger partial charge in [0.15, 0.2) is 0 Å². The molecule has 184 valence electrons. The predicted octanol–water partition coefficient (Wildman–Crippen LogP) is 4.56. The van der Waals surface area contributed by atoms with Gasteiger partial charge in [-0.3, -0.25) is 4.98 Å². The van der Waals surface area contributed by atoms with E-state index in [0.29, 0.717) is 0 Å². The monoisotopic (exact) mass is 473 g/mol. The molecule has 1 fully saturated rings. The zero-order chi connectivity index (χ0) is 24.1. The van der Waals surface area contributed by atoms with Gasteiger partial charge in [0, 0.05) is 56.2 Å². The van der Waals surface area contributed by atoms with E-state index in [2.05, 4.69) is 58.5 Å². The number of ether oxygens (including phenoxy) is 2. The average Bonchev–Trinajstić information content (AvgIpc) is 3.40. The van der Waals surface area contributed by atoms with Gasteiger partial charge in [0.1, 0.15) is 11.6 Å². The van der Waals surface area contributed by atoms with E-state index in [-0.39, 0.29) is 5.41 Å². The van der Waals surface area contributed by atoms with Crippen LogP contribution in [0.15, 0.2) is 48.8 Å². The molecule has 2 aliphatic rings. The lowest BCUT2D eigenvalue weighted by Crippen LogP contribution is -2.40. The Labute approximate surface area is 207 Å². The first-order chi connectivity index (χ1) is 17.2. The average molecular weight is 474 g/mol. The molecule has 1 aliphatic heterocycles. The van der Waals surface area contributed by atoms with Gasteiger partial charge in [-0.15, -0.1) is 0 Å². The summed E-state index contributed by atoms with van der Waals surface area (Å²) >= 11 is 0. The molecule has 0 saturated carbocycles. The fourth-order valence-corrected chi connectivity index (χ4v) is 5.27. The number of nitrogens with zero attached hydrogens (tertiary/aromatic N) is 4. The third-order valence-corrected chi connectivity index (χ3v) is 7.46. The molecule has 7 heteroatoms. The van der Waals surface area contributed by atoms with Crippen LogP contribution in [0.2, 0.25) is 0 Å². The van der Waals surface area contributed by atoms with Crippen molar-refractivity contribution in [2.75, 3.05) is 43.6 Å². The fraction of sp³-hybridized carbons (Fsp3) is 0.464. The minimum Gasteiger partial charge on any atom is -0.497 e. The zero-order valence-electron chi connectivity index (χ0n) is 20.8. The van der Waals surface area contributed by atoms with Crippen LogP contribution < -0.4 is 15.0 Å². The molecule has 1 N–H and O–H groups in total. The van der Waals surface area contributed by atoms with Crippen LogP contribution in [0, 0.1) is 0 Å². The number of benzene rings is 1. The van der Waals surface area contributed by atoms with E-state index in [1.807, 2.05) is 12.4 Å². The molecule has 3 aromatic rings. The van der Waals surface area contributed by atoms with Crippen LogP contribution in [-0.4, -0.2) is 48.4 Å². The maximum Gasteiger partial charge on any atom is 0.227 e. The van der Waals surface area contributed by atoms with Crippen molar-refractivity contribution in [3.8, 4) is 5.75 Å². The molecule has 35 heavy (non-hydrogen) atoms. The highest BCUT2D eigenvalue weighted by molar-refractivity contribution is 5.54. The summed E-state index contributed by atoms with van der Waals surface area (Å²) in [4.78, 5) is 16.5. The van der Waals surface area contributed by atoms with Crippen molar-refractivity contribution in [2.24, 2.45) is 0 Å². The number of aryl methyl sites for hydroxylation is 1. The summed E-state index contributed by atoms with van der Waals surface area (Å²) in [5.74, 6) is 2.68. The summed E-state index contributed by atoms with van der Waals surface area (Å²) in [5.41, 5.74) is 5.01. The number of methoxy groups -OCH3 is 1. The van der Waals surface area contributed by atoms with E-state index in [4.69, 9.17) is 19.4 Å². The van der Waals surface area contributed by atoms with Gasteiger partial charge >= 0.3 is 0 Å². The van der Waals surface area contributed by atoms with Gasteiger partial charge in [0.25, 0.3) is 0 Å². The Kier molecular flexibility index (Phi) is 7.13. The third kappa shape index (κ3) is 5.10. The molecule has 1 saturated heterocycles. The van der Waals surface area contributed by atoms with E-state index in [9.17, 15) is 0 Å². The van der Waals surface area contributed by atoms with E-state index in [1.54, 1.807) is 7.11 Å². The van der Waals surface area contributed by atoms with Crippen molar-refractivity contribution in [1.82, 2.24) is 15.0 Å². The van der Waals surface area contributed by atoms with Gasteiger partial charge in [0.05, 0.1) is 12.8 Å². The Morgan fingerprint density at radius 1 is 1.03 bits per heavy atom. The van der Waals surface area contributed by atoms with E-state index >= 15 is 0 Å². The minimum absolute atomic E-state index is 0.00258. The smallest absolute Gasteiger partial charge is 0.227 e. The Morgan fingerprint density at radius 3 is 2.51 bits per heavy atom. The Bertz CT molecular complexity index is 1110. The van der Waals surface area contributed by atoms with Crippen LogP contribution in [0.5, 0.6) is 5.75 Å². The summed E-state index contributed by atoms with van der Waals surface area (Å²) in [6.45, 7) is 6.14. The maximum absolute atomic E-state index is 5.75. The highest BCUT2D eigenvalue weighted by Crippen LogP contribution is 2.37. The van der Waals surface area contributed by atoms with Gasteiger partial charge in [-0.05, 0) is 74.4 Å². The number of hydrogen-bond acceptors (Lipinski definition) is 7. The highest BCUT2D eigenvalue weighted by atomic mass is 16.5. The highest BCUT2D eigenvalue weighted by Gasteiger charge is 2.35. The standard InChI is InChI=1S/C28H35N5O2/c1-3-33(19-21-11-15-29-16-12-21)27-31-25-6-4-5-24(25)26(32-27)30-20-28(13-17-35-18-14-28)22-7-9-23(34-2)10-8-22/h7-12,15-16H,3-6,13-14,17-20H2,1-2H3,(H,30,31,32). The lowest BCUT2D eigenvalue weighted by molar-refractivity contribution is 0.0543. The summed E-state index contributed by atoms with van der Waals surface area (Å²) in [6, 6.07) is 12.6. The SMILES string of the molecule is CCN(Cc1ccncc1)c1nc2c(c(NCC3(c4ccc(OC)cc4)CCOCC3)n1)CCC2. The molecule has 2 aromatic heterocycles. The Morgan fingerprint density at radius 2 is 1.80 bits per heavy atom. The van der Waals surface area contributed by atoms with Gasteiger partial charge < -0.3 is 19.7 Å². The lowest BCUT2D eigenvalue weighted by atomic mass is 9.74. The second kappa shape index (κ2) is 10.6. The first-order valence-electron chi connectivity index (χ1n) is 12.7. The van der Waals surface area contributed by atoms with Gasteiger partial charge in [-0.25, -0.2) is 4.98 Å². The lowest BCUT2D eigenvalue weighted by Gasteiger charge is -2.38. The van der Waals surface area contributed by atoms with Crippen molar-refractivity contribution in [3.05, 3.63) is 71.2 Å². The van der Waals surface area contributed by atoms with E-state index in [1.165, 1.54) is 22.4 Å². The number of hydrogen-bond donors (Lipinski definition) is 1. The molecule has 0 atom stereocenters. The number of pyridine rings is 1. The summed E-state index contributed by atoms with van der Waals surface area (Å²) in [7, 11) is 1.71. The molecule has 0 amide bonds.